The lowest BCUT2D eigenvalue weighted by Gasteiger charge is -2.11. The molecule has 4 rings (SSSR count). The maximum absolute atomic E-state index is 13.3. The molecule has 4 aromatic rings. The van der Waals surface area contributed by atoms with E-state index in [1.54, 1.807) is 24.3 Å². The van der Waals surface area contributed by atoms with E-state index in [-0.39, 0.29) is 17.7 Å². The summed E-state index contributed by atoms with van der Waals surface area (Å²) in [5, 5.41) is 3.18. The smallest absolute Gasteiger partial charge is 0.339 e. The van der Waals surface area contributed by atoms with Gasteiger partial charge in [-0.25, -0.2) is 9.78 Å². The Labute approximate surface area is 188 Å². The molecule has 0 bridgehead atoms. The fourth-order valence-electron chi connectivity index (χ4n) is 3.54. The molecule has 0 atom stereocenters. The van der Waals surface area contributed by atoms with E-state index in [0.717, 1.165) is 21.6 Å². The quantitative estimate of drug-likeness (QED) is 0.464. The van der Waals surface area contributed by atoms with Crippen LogP contribution in [0, 0.1) is 13.8 Å². The summed E-state index contributed by atoms with van der Waals surface area (Å²) in [7, 11) is 1.27. The fourth-order valence-corrected chi connectivity index (χ4v) is 4.55. The fraction of sp³-hybridized carbons (Fsp3) is 0.167. The lowest BCUT2D eigenvalue weighted by molar-refractivity contribution is -0.116. The molecule has 1 amide bonds. The molecule has 0 spiro atoms. The Hall–Kier alpha value is -3.78. The van der Waals surface area contributed by atoms with Crippen LogP contribution in [0.15, 0.2) is 59.7 Å². The molecule has 0 aliphatic rings. The van der Waals surface area contributed by atoms with Crippen molar-refractivity contribution in [2.45, 2.75) is 20.4 Å². The number of aryl methyl sites for hydroxylation is 2. The number of nitrogens with one attached hydrogen (secondary N) is 1. The summed E-state index contributed by atoms with van der Waals surface area (Å²) in [5.74, 6) is -1.01. The molecule has 1 N–H and O–H groups in total. The van der Waals surface area contributed by atoms with Gasteiger partial charge >= 0.3 is 5.97 Å². The van der Waals surface area contributed by atoms with Crippen molar-refractivity contribution in [1.82, 2.24) is 9.55 Å². The Balaban J connectivity index is 1.68. The summed E-state index contributed by atoms with van der Waals surface area (Å²) in [6.07, 6.45) is 1.38. The third-order valence-electron chi connectivity index (χ3n) is 5.12. The molecule has 0 radical (unpaired) electrons. The van der Waals surface area contributed by atoms with Crippen LogP contribution in [0.5, 0.6) is 0 Å². The zero-order valence-corrected chi connectivity index (χ0v) is 18.7. The van der Waals surface area contributed by atoms with E-state index in [1.807, 2.05) is 38.1 Å². The van der Waals surface area contributed by atoms with Crippen LogP contribution in [0.25, 0.3) is 21.3 Å². The number of nitrogens with zero attached hydrogens (tertiary/aromatic N) is 2. The number of anilines is 1. The molecule has 2 heterocycles. The van der Waals surface area contributed by atoms with Gasteiger partial charge in [-0.3, -0.25) is 14.2 Å². The minimum absolute atomic E-state index is 0.236. The van der Waals surface area contributed by atoms with Crippen LogP contribution in [0.3, 0.4) is 0 Å². The summed E-state index contributed by atoms with van der Waals surface area (Å²) in [4.78, 5) is 43.9. The number of aromatic nitrogens is 2. The van der Waals surface area contributed by atoms with E-state index in [9.17, 15) is 14.4 Å². The predicted octanol–water partition coefficient (Wildman–Crippen LogP) is 4.17. The highest BCUT2D eigenvalue weighted by Gasteiger charge is 2.19. The van der Waals surface area contributed by atoms with Crippen molar-refractivity contribution in [2.24, 2.45) is 0 Å². The molecule has 162 valence electrons. The first-order valence-corrected chi connectivity index (χ1v) is 10.7. The zero-order valence-electron chi connectivity index (χ0n) is 17.8. The Morgan fingerprint density at radius 3 is 2.53 bits per heavy atom. The first kappa shape index (κ1) is 21.5. The SMILES string of the molecule is COC(=O)c1ccccc1NC(=O)Cn1cnc2sc(C)c(-c3ccc(C)cc3)c2c1=O. The molecule has 0 saturated carbocycles. The van der Waals surface area contributed by atoms with Gasteiger partial charge in [-0.1, -0.05) is 42.0 Å². The van der Waals surface area contributed by atoms with Crippen molar-refractivity contribution in [3.8, 4) is 11.1 Å². The topological polar surface area (TPSA) is 90.3 Å². The first-order chi connectivity index (χ1) is 15.4. The highest BCUT2D eigenvalue weighted by Crippen LogP contribution is 2.35. The molecular formula is C24H21N3O4S. The average Bonchev–Trinajstić information content (AvgIpc) is 3.13. The normalized spacial score (nSPS) is 10.8. The first-order valence-electron chi connectivity index (χ1n) is 9.92. The molecule has 8 heteroatoms. The number of carbonyl (C=O) groups is 2. The van der Waals surface area contributed by atoms with Crippen molar-refractivity contribution in [3.05, 3.63) is 81.2 Å². The standard InChI is InChI=1S/C24H21N3O4S/c1-14-8-10-16(11-9-14)20-15(2)32-22-21(20)23(29)27(13-25-22)12-19(28)26-18-7-5-4-6-17(18)24(30)31-3/h4-11,13H,12H2,1-3H3,(H,26,28). The van der Waals surface area contributed by atoms with Crippen molar-refractivity contribution in [2.75, 3.05) is 12.4 Å². The third kappa shape index (κ3) is 4.04. The number of hydrogen-bond acceptors (Lipinski definition) is 6. The number of para-hydroxylation sites is 1. The van der Waals surface area contributed by atoms with E-state index in [4.69, 9.17) is 4.74 Å². The molecule has 0 fully saturated rings. The van der Waals surface area contributed by atoms with E-state index >= 15 is 0 Å². The molecule has 0 aliphatic carbocycles. The number of rotatable bonds is 5. The van der Waals surface area contributed by atoms with Crippen LogP contribution in [0.2, 0.25) is 0 Å². The largest absolute Gasteiger partial charge is 0.465 e. The summed E-state index contributed by atoms with van der Waals surface area (Å²) < 4.78 is 6.03. The van der Waals surface area contributed by atoms with Crippen molar-refractivity contribution >= 4 is 39.1 Å². The van der Waals surface area contributed by atoms with Gasteiger partial charge in [0.15, 0.2) is 0 Å². The maximum atomic E-state index is 13.3. The van der Waals surface area contributed by atoms with E-state index < -0.39 is 11.9 Å². The molecular weight excluding hydrogens is 426 g/mol. The van der Waals surface area contributed by atoms with E-state index in [1.165, 1.54) is 29.3 Å². The van der Waals surface area contributed by atoms with Crippen molar-refractivity contribution in [1.29, 1.82) is 0 Å². The number of benzene rings is 2. The minimum Gasteiger partial charge on any atom is -0.465 e. The average molecular weight is 448 g/mol. The highest BCUT2D eigenvalue weighted by atomic mass is 32.1. The molecule has 7 nitrogen and oxygen atoms in total. The molecule has 32 heavy (non-hydrogen) atoms. The summed E-state index contributed by atoms with van der Waals surface area (Å²) in [6, 6.07) is 14.5. The molecule has 2 aromatic carbocycles. The monoisotopic (exact) mass is 447 g/mol. The Kier molecular flexibility index (Phi) is 5.87. The number of esters is 1. The van der Waals surface area contributed by atoms with Gasteiger partial charge in [0.05, 0.1) is 30.1 Å². The molecule has 0 aliphatic heterocycles. The lowest BCUT2D eigenvalue weighted by Crippen LogP contribution is -2.28. The van der Waals surface area contributed by atoms with Gasteiger partial charge in [0.25, 0.3) is 5.56 Å². The van der Waals surface area contributed by atoms with E-state index in [0.29, 0.717) is 15.9 Å². The molecule has 0 saturated heterocycles. The van der Waals surface area contributed by atoms with Gasteiger partial charge in [-0.2, -0.15) is 0 Å². The van der Waals surface area contributed by atoms with E-state index in [2.05, 4.69) is 10.3 Å². The number of fused-ring (bicyclic) bond motifs is 1. The van der Waals surface area contributed by atoms with Crippen LogP contribution in [0.4, 0.5) is 5.69 Å². The number of methoxy groups -OCH3 is 1. The molecule has 0 unspecified atom stereocenters. The Morgan fingerprint density at radius 1 is 1.09 bits per heavy atom. The summed E-state index contributed by atoms with van der Waals surface area (Å²) >= 11 is 1.45. The van der Waals surface area contributed by atoms with Crippen LogP contribution in [-0.4, -0.2) is 28.5 Å². The van der Waals surface area contributed by atoms with Crippen molar-refractivity contribution in [3.63, 3.8) is 0 Å². The number of thiophene rings is 1. The second-order valence-electron chi connectivity index (χ2n) is 7.34. The highest BCUT2D eigenvalue weighted by molar-refractivity contribution is 7.19. The van der Waals surface area contributed by atoms with Crippen molar-refractivity contribution < 1.29 is 14.3 Å². The van der Waals surface area contributed by atoms with Crippen LogP contribution >= 0.6 is 11.3 Å². The third-order valence-corrected chi connectivity index (χ3v) is 6.13. The van der Waals surface area contributed by atoms with Gasteiger partial charge < -0.3 is 10.1 Å². The summed E-state index contributed by atoms with van der Waals surface area (Å²) in [5.41, 5.74) is 3.18. The van der Waals surface area contributed by atoms with Gasteiger partial charge in [0.2, 0.25) is 5.91 Å². The second kappa shape index (κ2) is 8.76. The van der Waals surface area contributed by atoms with Crippen LogP contribution < -0.4 is 10.9 Å². The zero-order chi connectivity index (χ0) is 22.8. The second-order valence-corrected chi connectivity index (χ2v) is 8.55. The number of amides is 1. The number of hydrogen-bond donors (Lipinski definition) is 1. The Morgan fingerprint density at radius 2 is 1.81 bits per heavy atom. The van der Waals surface area contributed by atoms with Gasteiger partial charge in [-0.15, -0.1) is 11.3 Å². The van der Waals surface area contributed by atoms with Gasteiger partial charge in [0, 0.05) is 10.4 Å². The maximum Gasteiger partial charge on any atom is 0.339 e. The van der Waals surface area contributed by atoms with Crippen LogP contribution in [0.1, 0.15) is 20.8 Å². The minimum atomic E-state index is -0.558. The van der Waals surface area contributed by atoms with Crippen LogP contribution in [-0.2, 0) is 16.1 Å². The summed E-state index contributed by atoms with van der Waals surface area (Å²) in [6.45, 7) is 3.73. The van der Waals surface area contributed by atoms with Gasteiger partial charge in [0.1, 0.15) is 11.4 Å². The van der Waals surface area contributed by atoms with Gasteiger partial charge in [-0.05, 0) is 31.5 Å². The predicted molar refractivity (Wildman–Crippen MR) is 125 cm³/mol. The number of carbonyl (C=O) groups excluding carboxylic acids is 2. The molecule has 2 aromatic heterocycles. The lowest BCUT2D eigenvalue weighted by atomic mass is 10.0. The Bertz CT molecular complexity index is 1390. The number of ether oxygens (including phenoxy) is 1.